The van der Waals surface area contributed by atoms with Gasteiger partial charge >= 0.3 is 0 Å². The number of piperidine rings is 1. The van der Waals surface area contributed by atoms with Gasteiger partial charge in [-0.05, 0) is 24.8 Å². The molecule has 2 atom stereocenters. The number of carbonyl (C=O) groups is 1. The summed E-state index contributed by atoms with van der Waals surface area (Å²) in [7, 11) is 0. The molecule has 2 aromatic rings. The van der Waals surface area contributed by atoms with Crippen LogP contribution >= 0.6 is 36.2 Å². The number of furan rings is 1. The maximum Gasteiger partial charge on any atom is 0.228 e. The number of thiazole rings is 1. The molecule has 1 fully saturated rings. The number of amides is 1. The molecule has 0 aliphatic carbocycles. The molecule has 0 bridgehead atoms. The zero-order chi connectivity index (χ0) is 15.5. The van der Waals surface area contributed by atoms with Crippen LogP contribution in [0.2, 0.25) is 0 Å². The largest absolute Gasteiger partial charge is 0.472 e. The second kappa shape index (κ2) is 9.42. The van der Waals surface area contributed by atoms with Crippen LogP contribution in [-0.4, -0.2) is 34.9 Å². The third kappa shape index (κ3) is 4.72. The standard InChI is InChI=1S/C16H21N3O2S.2ClH/c1-11-2-4-19(14(6-11)8-17)15(20)7-13-10-22-16(18-13)12-3-5-21-9-12;;/h3,5,9-11,14H,2,4,6-8,17H2,1H3;2*1H. The second-order valence-corrected chi connectivity index (χ2v) is 6.80. The number of aromatic nitrogens is 1. The fraction of sp³-hybridized carbons (Fsp3) is 0.500. The Morgan fingerprint density at radius 3 is 2.96 bits per heavy atom. The summed E-state index contributed by atoms with van der Waals surface area (Å²) < 4.78 is 5.07. The van der Waals surface area contributed by atoms with Gasteiger partial charge in [0.25, 0.3) is 0 Å². The molecular weight excluding hydrogens is 369 g/mol. The van der Waals surface area contributed by atoms with Crippen LogP contribution in [0.15, 0.2) is 28.4 Å². The van der Waals surface area contributed by atoms with E-state index < -0.39 is 0 Å². The molecule has 0 aromatic carbocycles. The first-order valence-electron chi connectivity index (χ1n) is 7.64. The number of nitrogens with two attached hydrogens (primary N) is 1. The monoisotopic (exact) mass is 391 g/mol. The normalized spacial score (nSPS) is 20.2. The number of carbonyl (C=O) groups excluding carboxylic acids is 1. The van der Waals surface area contributed by atoms with Crippen molar-refractivity contribution in [3.63, 3.8) is 0 Å². The van der Waals surface area contributed by atoms with Crippen molar-refractivity contribution < 1.29 is 9.21 Å². The highest BCUT2D eigenvalue weighted by atomic mass is 35.5. The van der Waals surface area contributed by atoms with Crippen molar-refractivity contribution >= 4 is 42.1 Å². The lowest BCUT2D eigenvalue weighted by Gasteiger charge is -2.38. The van der Waals surface area contributed by atoms with Gasteiger partial charge in [0, 0.05) is 30.1 Å². The Morgan fingerprint density at radius 2 is 2.29 bits per heavy atom. The maximum atomic E-state index is 12.6. The average Bonchev–Trinajstić information content (AvgIpc) is 3.17. The highest BCUT2D eigenvalue weighted by Crippen LogP contribution is 2.26. The van der Waals surface area contributed by atoms with E-state index in [-0.39, 0.29) is 36.8 Å². The highest BCUT2D eigenvalue weighted by Gasteiger charge is 2.29. The summed E-state index contributed by atoms with van der Waals surface area (Å²) in [6, 6.07) is 2.05. The van der Waals surface area contributed by atoms with Crippen LogP contribution in [0.1, 0.15) is 25.5 Å². The van der Waals surface area contributed by atoms with E-state index in [9.17, 15) is 4.79 Å². The Hall–Kier alpha value is -1.08. The third-order valence-corrected chi connectivity index (χ3v) is 5.16. The van der Waals surface area contributed by atoms with E-state index in [1.165, 1.54) is 11.3 Å². The van der Waals surface area contributed by atoms with Gasteiger partial charge in [-0.25, -0.2) is 4.98 Å². The van der Waals surface area contributed by atoms with E-state index in [1.807, 2.05) is 16.3 Å². The molecule has 3 heterocycles. The Morgan fingerprint density at radius 1 is 1.50 bits per heavy atom. The molecule has 3 rings (SSSR count). The predicted octanol–water partition coefficient (Wildman–Crippen LogP) is 3.38. The Labute approximate surface area is 158 Å². The van der Waals surface area contributed by atoms with E-state index in [0.717, 1.165) is 35.7 Å². The zero-order valence-corrected chi connectivity index (χ0v) is 16.0. The first-order valence-corrected chi connectivity index (χ1v) is 8.52. The minimum Gasteiger partial charge on any atom is -0.472 e. The molecule has 5 nitrogen and oxygen atoms in total. The van der Waals surface area contributed by atoms with Gasteiger partial charge in [0.2, 0.25) is 5.91 Å². The molecule has 134 valence electrons. The summed E-state index contributed by atoms with van der Waals surface area (Å²) in [4.78, 5) is 19.0. The Bertz CT molecular complexity index is 633. The Kier molecular flexibility index (Phi) is 8.22. The average molecular weight is 392 g/mol. The predicted molar refractivity (Wildman–Crippen MR) is 101 cm³/mol. The van der Waals surface area contributed by atoms with E-state index in [2.05, 4.69) is 11.9 Å². The molecule has 2 N–H and O–H groups in total. The molecular formula is C16H23Cl2N3O2S. The van der Waals surface area contributed by atoms with Gasteiger partial charge in [0.15, 0.2) is 0 Å². The van der Waals surface area contributed by atoms with Crippen LogP contribution in [0.5, 0.6) is 0 Å². The molecule has 1 aliphatic rings. The van der Waals surface area contributed by atoms with Gasteiger partial charge in [-0.15, -0.1) is 36.2 Å². The molecule has 2 aromatic heterocycles. The van der Waals surface area contributed by atoms with E-state index >= 15 is 0 Å². The molecule has 0 radical (unpaired) electrons. The first kappa shape index (κ1) is 21.0. The lowest BCUT2D eigenvalue weighted by Crippen LogP contribution is -2.49. The number of nitrogens with zero attached hydrogens (tertiary/aromatic N) is 2. The van der Waals surface area contributed by atoms with Crippen molar-refractivity contribution in [2.75, 3.05) is 13.1 Å². The summed E-state index contributed by atoms with van der Waals surface area (Å²) >= 11 is 1.54. The van der Waals surface area contributed by atoms with E-state index in [1.54, 1.807) is 12.5 Å². The number of halogens is 2. The maximum absolute atomic E-state index is 12.6. The van der Waals surface area contributed by atoms with Crippen LogP contribution in [0.25, 0.3) is 10.6 Å². The summed E-state index contributed by atoms with van der Waals surface area (Å²) in [5, 5.41) is 2.84. The lowest BCUT2D eigenvalue weighted by molar-refractivity contribution is -0.134. The number of hydrogen-bond acceptors (Lipinski definition) is 5. The molecule has 0 saturated carbocycles. The van der Waals surface area contributed by atoms with Gasteiger partial charge in [-0.3, -0.25) is 4.79 Å². The minimum atomic E-state index is 0. The van der Waals surface area contributed by atoms with Crippen LogP contribution in [-0.2, 0) is 11.2 Å². The topological polar surface area (TPSA) is 72.4 Å². The number of hydrogen-bond donors (Lipinski definition) is 1. The summed E-state index contributed by atoms with van der Waals surface area (Å²) in [5.41, 5.74) is 7.61. The summed E-state index contributed by atoms with van der Waals surface area (Å²) in [6.07, 6.45) is 5.70. The number of rotatable bonds is 4. The van der Waals surface area contributed by atoms with E-state index in [4.69, 9.17) is 10.2 Å². The van der Waals surface area contributed by atoms with Crippen molar-refractivity contribution in [2.45, 2.75) is 32.2 Å². The molecule has 1 saturated heterocycles. The van der Waals surface area contributed by atoms with Crippen LogP contribution in [0, 0.1) is 5.92 Å². The van der Waals surface area contributed by atoms with Crippen LogP contribution < -0.4 is 5.73 Å². The number of likely N-dealkylation sites (tertiary alicyclic amines) is 1. The zero-order valence-electron chi connectivity index (χ0n) is 13.5. The van der Waals surface area contributed by atoms with Gasteiger partial charge in [-0.2, -0.15) is 0 Å². The van der Waals surface area contributed by atoms with Crippen molar-refractivity contribution in [2.24, 2.45) is 11.7 Å². The fourth-order valence-electron chi connectivity index (χ4n) is 2.97. The smallest absolute Gasteiger partial charge is 0.228 e. The van der Waals surface area contributed by atoms with Crippen molar-refractivity contribution in [1.82, 2.24) is 9.88 Å². The molecule has 8 heteroatoms. The van der Waals surface area contributed by atoms with Crippen LogP contribution in [0.3, 0.4) is 0 Å². The van der Waals surface area contributed by atoms with Crippen molar-refractivity contribution in [3.8, 4) is 10.6 Å². The highest BCUT2D eigenvalue weighted by molar-refractivity contribution is 7.13. The quantitative estimate of drug-likeness (QED) is 0.866. The fourth-order valence-corrected chi connectivity index (χ4v) is 3.77. The molecule has 1 aliphatic heterocycles. The SMILES string of the molecule is CC1CCN(C(=O)Cc2csc(-c3ccoc3)n2)C(CN)C1.Cl.Cl. The van der Waals surface area contributed by atoms with E-state index in [0.29, 0.717) is 18.9 Å². The van der Waals surface area contributed by atoms with Gasteiger partial charge < -0.3 is 15.1 Å². The van der Waals surface area contributed by atoms with Crippen molar-refractivity contribution in [1.29, 1.82) is 0 Å². The first-order chi connectivity index (χ1) is 10.7. The Balaban J connectivity index is 0.00000144. The van der Waals surface area contributed by atoms with Gasteiger partial charge in [-0.1, -0.05) is 6.92 Å². The summed E-state index contributed by atoms with van der Waals surface area (Å²) in [5.74, 6) is 0.774. The van der Waals surface area contributed by atoms with Gasteiger partial charge in [0.1, 0.15) is 11.3 Å². The summed E-state index contributed by atoms with van der Waals surface area (Å²) in [6.45, 7) is 3.57. The molecule has 1 amide bonds. The van der Waals surface area contributed by atoms with Crippen LogP contribution in [0.4, 0.5) is 0 Å². The molecule has 0 spiro atoms. The van der Waals surface area contributed by atoms with Gasteiger partial charge in [0.05, 0.1) is 18.4 Å². The minimum absolute atomic E-state index is 0. The lowest BCUT2D eigenvalue weighted by atomic mass is 9.92. The molecule has 24 heavy (non-hydrogen) atoms. The van der Waals surface area contributed by atoms with Crippen molar-refractivity contribution in [3.05, 3.63) is 29.7 Å². The third-order valence-electron chi connectivity index (χ3n) is 4.22. The molecule has 2 unspecified atom stereocenters. The second-order valence-electron chi connectivity index (χ2n) is 5.94.